The fraction of sp³-hybridized carbons (Fsp3) is 0.0667. The van der Waals surface area contributed by atoms with Gasteiger partial charge in [-0.25, -0.2) is 0 Å². The van der Waals surface area contributed by atoms with Gasteiger partial charge in [0.2, 0.25) is 0 Å². The van der Waals surface area contributed by atoms with Crippen LogP contribution in [-0.2, 0) is 0 Å². The molecule has 0 aliphatic carbocycles. The minimum Gasteiger partial charge on any atom is -0.389 e. The Balaban J connectivity index is 2.14. The number of nitrogens with one attached hydrogen (secondary N) is 1. The Morgan fingerprint density at radius 3 is 2.30 bits per heavy atom. The van der Waals surface area contributed by atoms with Crippen molar-refractivity contribution in [2.45, 2.75) is 6.92 Å². The van der Waals surface area contributed by atoms with Crippen molar-refractivity contribution in [2.75, 3.05) is 5.32 Å². The lowest BCUT2D eigenvalue weighted by Gasteiger charge is -2.07. The Bertz CT molecular complexity index is 668. The topological polar surface area (TPSA) is 55.1 Å². The van der Waals surface area contributed by atoms with Crippen LogP contribution in [0.15, 0.2) is 42.5 Å². The molecule has 0 aromatic heterocycles. The zero-order chi connectivity index (χ0) is 14.7. The van der Waals surface area contributed by atoms with Crippen molar-refractivity contribution in [2.24, 2.45) is 5.73 Å². The number of carbonyl (C=O) groups excluding carboxylic acids is 1. The lowest BCUT2D eigenvalue weighted by molar-refractivity contribution is 0.102. The highest BCUT2D eigenvalue weighted by Crippen LogP contribution is 2.17. The highest BCUT2D eigenvalue weighted by molar-refractivity contribution is 7.80. The molecular weight excluding hydrogens is 292 g/mol. The van der Waals surface area contributed by atoms with Crippen molar-refractivity contribution < 1.29 is 4.79 Å². The molecule has 20 heavy (non-hydrogen) atoms. The van der Waals surface area contributed by atoms with E-state index >= 15 is 0 Å². The second-order valence-corrected chi connectivity index (χ2v) is 5.21. The van der Waals surface area contributed by atoms with Gasteiger partial charge in [-0.15, -0.1) is 0 Å². The molecule has 0 radical (unpaired) electrons. The highest BCUT2D eigenvalue weighted by Gasteiger charge is 2.07. The van der Waals surface area contributed by atoms with Crippen LogP contribution in [0.1, 0.15) is 21.5 Å². The van der Waals surface area contributed by atoms with Crippen LogP contribution in [0.3, 0.4) is 0 Å². The average Bonchev–Trinajstić information content (AvgIpc) is 2.42. The smallest absolute Gasteiger partial charge is 0.255 e. The van der Waals surface area contributed by atoms with Gasteiger partial charge in [-0.1, -0.05) is 23.8 Å². The van der Waals surface area contributed by atoms with Crippen molar-refractivity contribution in [3.63, 3.8) is 0 Å². The Morgan fingerprint density at radius 2 is 1.75 bits per heavy atom. The van der Waals surface area contributed by atoms with Gasteiger partial charge in [0.15, 0.2) is 0 Å². The zero-order valence-corrected chi connectivity index (χ0v) is 12.4. The third-order valence-electron chi connectivity index (χ3n) is 2.85. The molecule has 3 N–H and O–H groups in total. The third-order valence-corrected chi connectivity index (χ3v) is 3.51. The number of halogens is 1. The van der Waals surface area contributed by atoms with Gasteiger partial charge in [0, 0.05) is 21.8 Å². The molecule has 0 heterocycles. The molecule has 3 nitrogen and oxygen atoms in total. The molecule has 0 aliphatic heterocycles. The monoisotopic (exact) mass is 304 g/mol. The maximum atomic E-state index is 12.1. The fourth-order valence-corrected chi connectivity index (χ4v) is 1.96. The van der Waals surface area contributed by atoms with E-state index in [0.29, 0.717) is 21.3 Å². The number of rotatable bonds is 3. The van der Waals surface area contributed by atoms with E-state index in [1.165, 1.54) is 0 Å². The number of carbonyl (C=O) groups is 1. The first-order chi connectivity index (χ1) is 9.47. The summed E-state index contributed by atoms with van der Waals surface area (Å²) in [7, 11) is 0. The number of anilines is 1. The van der Waals surface area contributed by atoms with Crippen LogP contribution in [0.5, 0.6) is 0 Å². The van der Waals surface area contributed by atoms with Crippen LogP contribution in [0, 0.1) is 6.92 Å². The normalized spacial score (nSPS) is 10.1. The minimum atomic E-state index is -0.187. The summed E-state index contributed by atoms with van der Waals surface area (Å²) < 4.78 is 0. The predicted octanol–water partition coefficient (Wildman–Crippen LogP) is 3.53. The quantitative estimate of drug-likeness (QED) is 0.853. The Morgan fingerprint density at radius 1 is 1.15 bits per heavy atom. The molecule has 2 aromatic carbocycles. The van der Waals surface area contributed by atoms with E-state index in [-0.39, 0.29) is 5.91 Å². The predicted molar refractivity (Wildman–Crippen MR) is 86.5 cm³/mol. The van der Waals surface area contributed by atoms with E-state index in [9.17, 15) is 4.79 Å². The van der Waals surface area contributed by atoms with E-state index in [4.69, 9.17) is 29.6 Å². The molecule has 102 valence electrons. The maximum absolute atomic E-state index is 12.1. The first-order valence-corrected chi connectivity index (χ1v) is 6.73. The van der Waals surface area contributed by atoms with Gasteiger partial charge in [-0.2, -0.15) is 0 Å². The lowest BCUT2D eigenvalue weighted by atomic mass is 10.1. The van der Waals surface area contributed by atoms with Gasteiger partial charge in [0.1, 0.15) is 4.99 Å². The Kier molecular flexibility index (Phi) is 4.37. The molecule has 0 saturated heterocycles. The summed E-state index contributed by atoms with van der Waals surface area (Å²) >= 11 is 10.8. The van der Waals surface area contributed by atoms with Crippen LogP contribution in [0.2, 0.25) is 5.02 Å². The largest absolute Gasteiger partial charge is 0.389 e. The summed E-state index contributed by atoms with van der Waals surface area (Å²) in [5, 5.41) is 3.45. The number of benzene rings is 2. The van der Waals surface area contributed by atoms with Gasteiger partial charge < -0.3 is 11.1 Å². The molecule has 1 amide bonds. The number of amides is 1. The molecule has 0 fully saturated rings. The van der Waals surface area contributed by atoms with E-state index in [0.717, 1.165) is 11.1 Å². The van der Waals surface area contributed by atoms with Crippen LogP contribution in [-0.4, -0.2) is 10.9 Å². The average molecular weight is 305 g/mol. The lowest BCUT2D eigenvalue weighted by Crippen LogP contribution is -2.13. The zero-order valence-electron chi connectivity index (χ0n) is 10.8. The van der Waals surface area contributed by atoms with Gasteiger partial charge in [-0.05, 0) is 55.0 Å². The van der Waals surface area contributed by atoms with Crippen molar-refractivity contribution in [1.29, 1.82) is 0 Å². The number of hydrogen-bond donors (Lipinski definition) is 2. The number of thiocarbonyl (C=S) groups is 1. The number of nitrogens with two attached hydrogens (primary N) is 1. The summed E-state index contributed by atoms with van der Waals surface area (Å²) in [6.45, 7) is 1.86. The standard InChI is InChI=1S/C15H13ClN2OS/c1-9-8-11(4-7-13(9)16)15(19)18-12-5-2-10(3-6-12)14(17)20/h2-8H,1H3,(H2,17,20)(H,18,19). The van der Waals surface area contributed by atoms with Gasteiger partial charge in [0.25, 0.3) is 5.91 Å². The SMILES string of the molecule is Cc1cc(C(=O)Nc2ccc(C(N)=S)cc2)ccc1Cl. The van der Waals surface area contributed by atoms with Crippen LogP contribution in [0.25, 0.3) is 0 Å². The number of hydrogen-bond acceptors (Lipinski definition) is 2. The van der Waals surface area contributed by atoms with Crippen molar-refractivity contribution >= 4 is 40.4 Å². The van der Waals surface area contributed by atoms with Gasteiger partial charge in [0.05, 0.1) is 0 Å². The third kappa shape index (κ3) is 3.35. The van der Waals surface area contributed by atoms with Gasteiger partial charge >= 0.3 is 0 Å². The van der Waals surface area contributed by atoms with Crippen LogP contribution >= 0.6 is 23.8 Å². The van der Waals surface area contributed by atoms with E-state index in [1.54, 1.807) is 42.5 Å². The van der Waals surface area contributed by atoms with Crippen molar-refractivity contribution in [1.82, 2.24) is 0 Å². The summed E-state index contributed by atoms with van der Waals surface area (Å²) in [5.41, 5.74) is 8.39. The molecule has 5 heteroatoms. The maximum Gasteiger partial charge on any atom is 0.255 e. The molecular formula is C15H13ClN2OS. The number of aryl methyl sites for hydroxylation is 1. The molecule has 2 aromatic rings. The van der Waals surface area contributed by atoms with Crippen molar-refractivity contribution in [3.8, 4) is 0 Å². The minimum absolute atomic E-state index is 0.187. The first kappa shape index (κ1) is 14.5. The van der Waals surface area contributed by atoms with Crippen LogP contribution < -0.4 is 11.1 Å². The van der Waals surface area contributed by atoms with Crippen LogP contribution in [0.4, 0.5) is 5.69 Å². The van der Waals surface area contributed by atoms with Crippen molar-refractivity contribution in [3.05, 3.63) is 64.2 Å². The van der Waals surface area contributed by atoms with Gasteiger partial charge in [-0.3, -0.25) is 4.79 Å². The molecule has 0 spiro atoms. The molecule has 0 atom stereocenters. The Labute approximate surface area is 127 Å². The van der Waals surface area contributed by atoms with E-state index < -0.39 is 0 Å². The molecule has 2 rings (SSSR count). The summed E-state index contributed by atoms with van der Waals surface area (Å²) in [5.74, 6) is -0.187. The van der Waals surface area contributed by atoms with E-state index in [2.05, 4.69) is 5.32 Å². The highest BCUT2D eigenvalue weighted by atomic mass is 35.5. The molecule has 0 bridgehead atoms. The molecule has 0 aliphatic rings. The molecule has 0 unspecified atom stereocenters. The summed E-state index contributed by atoms with van der Waals surface area (Å²) in [6, 6.07) is 12.2. The summed E-state index contributed by atoms with van der Waals surface area (Å²) in [6.07, 6.45) is 0. The second kappa shape index (κ2) is 6.03. The molecule has 0 saturated carbocycles. The summed E-state index contributed by atoms with van der Waals surface area (Å²) in [4.78, 5) is 12.4. The second-order valence-electron chi connectivity index (χ2n) is 4.36. The fourth-order valence-electron chi connectivity index (χ4n) is 1.71. The van der Waals surface area contributed by atoms with E-state index in [1.807, 2.05) is 6.92 Å². The Hall–Kier alpha value is -1.91. The first-order valence-electron chi connectivity index (χ1n) is 5.95.